The third-order valence-corrected chi connectivity index (χ3v) is 2.29. The van der Waals surface area contributed by atoms with Crippen LogP contribution in [-0.2, 0) is 19.1 Å². The molecule has 0 radical (unpaired) electrons. The predicted molar refractivity (Wildman–Crippen MR) is 84.6 cm³/mol. The minimum Gasteiger partial charge on any atom is -0.451 e. The maximum Gasteiger partial charge on any atom is 0.408 e. The topological polar surface area (TPSA) is 93.7 Å². The van der Waals surface area contributed by atoms with E-state index in [4.69, 9.17) is 9.47 Å². The van der Waals surface area contributed by atoms with E-state index in [1.165, 1.54) is 6.92 Å². The molecule has 8 heteroatoms. The zero-order valence-electron chi connectivity index (χ0n) is 12.4. The molecule has 118 valence electrons. The lowest BCUT2D eigenvalue weighted by Crippen LogP contribution is -2.47. The average Bonchev–Trinajstić information content (AvgIpc) is 2.33. The van der Waals surface area contributed by atoms with Gasteiger partial charge in [-0.2, -0.15) is 0 Å². The predicted octanol–water partition coefficient (Wildman–Crippen LogP) is 0.955. The van der Waals surface area contributed by atoms with E-state index in [0.717, 1.165) is 0 Å². The highest BCUT2D eigenvalue weighted by Crippen LogP contribution is 2.06. The molecule has 2 N–H and O–H groups in total. The molecule has 0 aromatic heterocycles. The molecular formula is C13H19IN2O5. The number of hydrogen-bond donors (Lipinski definition) is 2. The van der Waals surface area contributed by atoms with Gasteiger partial charge in [-0.3, -0.25) is 9.59 Å². The number of ether oxygens (including phenoxy) is 2. The zero-order chi connectivity index (χ0) is 16.5. The Morgan fingerprint density at radius 2 is 1.90 bits per heavy atom. The summed E-state index contributed by atoms with van der Waals surface area (Å²) in [4.78, 5) is 34.4. The van der Waals surface area contributed by atoms with E-state index in [0.29, 0.717) is 0 Å². The van der Waals surface area contributed by atoms with Gasteiger partial charge in [-0.15, -0.1) is 0 Å². The first-order chi connectivity index (χ1) is 9.65. The van der Waals surface area contributed by atoms with Crippen LogP contribution in [-0.4, -0.2) is 42.8 Å². The summed E-state index contributed by atoms with van der Waals surface area (Å²) in [5.41, 5.74) is -0.649. The number of rotatable bonds is 5. The van der Waals surface area contributed by atoms with E-state index in [2.05, 4.69) is 20.5 Å². The second kappa shape index (κ2) is 9.44. The Morgan fingerprint density at radius 3 is 2.43 bits per heavy atom. The van der Waals surface area contributed by atoms with Crippen molar-refractivity contribution in [3.63, 3.8) is 0 Å². The minimum atomic E-state index is -0.832. The molecule has 0 saturated heterocycles. The van der Waals surface area contributed by atoms with Crippen molar-refractivity contribution in [1.29, 1.82) is 0 Å². The minimum absolute atomic E-state index is 0.0244. The summed E-state index contributed by atoms with van der Waals surface area (Å²) < 4.78 is 12.3. The molecule has 0 spiro atoms. The summed E-state index contributed by atoms with van der Waals surface area (Å²) in [6, 6.07) is -0.832. The van der Waals surface area contributed by atoms with Crippen LogP contribution in [0.15, 0.2) is 0 Å². The maximum absolute atomic E-state index is 11.7. The highest BCUT2D eigenvalue weighted by Gasteiger charge is 2.21. The molecule has 0 aliphatic rings. The number of esters is 1. The normalized spacial score (nSPS) is 11.5. The first kappa shape index (κ1) is 19.5. The van der Waals surface area contributed by atoms with Gasteiger partial charge < -0.3 is 20.1 Å². The Balaban J connectivity index is 4.07. The van der Waals surface area contributed by atoms with Crippen molar-refractivity contribution in [3.8, 4) is 9.85 Å². The summed E-state index contributed by atoms with van der Waals surface area (Å²) in [5, 5.41) is 4.71. The quantitative estimate of drug-likeness (QED) is 0.400. The Labute approximate surface area is 137 Å². The molecule has 0 rings (SSSR count). The second-order valence-electron chi connectivity index (χ2n) is 5.02. The number of nitrogens with one attached hydrogen (secondary N) is 2. The van der Waals surface area contributed by atoms with Crippen molar-refractivity contribution in [2.24, 2.45) is 0 Å². The van der Waals surface area contributed by atoms with Crippen LogP contribution in [0.4, 0.5) is 4.79 Å². The van der Waals surface area contributed by atoms with E-state index in [1.54, 1.807) is 20.8 Å². The molecule has 7 nitrogen and oxygen atoms in total. The van der Waals surface area contributed by atoms with Crippen molar-refractivity contribution < 1.29 is 23.9 Å². The first-order valence-corrected chi connectivity index (χ1v) is 7.25. The van der Waals surface area contributed by atoms with E-state index < -0.39 is 29.6 Å². The van der Waals surface area contributed by atoms with Gasteiger partial charge in [0.15, 0.2) is 6.61 Å². The van der Waals surface area contributed by atoms with Gasteiger partial charge in [-0.05, 0) is 31.6 Å². The molecule has 0 aliphatic heterocycles. The summed E-state index contributed by atoms with van der Waals surface area (Å²) in [6.45, 7) is 6.31. The molecule has 0 unspecified atom stereocenters. The average molecular weight is 410 g/mol. The number of halogens is 1. The summed E-state index contributed by atoms with van der Waals surface area (Å²) in [6.07, 6.45) is -0.704. The molecule has 1 atom stereocenters. The van der Waals surface area contributed by atoms with Gasteiger partial charge in [-0.1, -0.05) is 5.92 Å². The van der Waals surface area contributed by atoms with Gasteiger partial charge in [0.25, 0.3) is 0 Å². The summed E-state index contributed by atoms with van der Waals surface area (Å²) in [5.74, 6) is 1.42. The molecule has 21 heavy (non-hydrogen) atoms. The Kier molecular flexibility index (Phi) is 8.76. The highest BCUT2D eigenvalue weighted by atomic mass is 127. The van der Waals surface area contributed by atoms with Crippen molar-refractivity contribution in [1.82, 2.24) is 10.6 Å². The van der Waals surface area contributed by atoms with E-state index in [1.807, 2.05) is 22.6 Å². The maximum atomic E-state index is 11.7. The van der Waals surface area contributed by atoms with Crippen LogP contribution in [0.2, 0.25) is 0 Å². The lowest BCUT2D eigenvalue weighted by Gasteiger charge is -2.21. The van der Waals surface area contributed by atoms with Crippen LogP contribution in [0.3, 0.4) is 0 Å². The van der Waals surface area contributed by atoms with Crippen LogP contribution in [0.5, 0.6) is 0 Å². The number of alkyl carbamates (subject to hydrolysis) is 1. The number of carbonyl (C=O) groups excluding carboxylic acids is 3. The fraction of sp³-hybridized carbons (Fsp3) is 0.615. The monoisotopic (exact) mass is 410 g/mol. The first-order valence-electron chi connectivity index (χ1n) is 6.17. The van der Waals surface area contributed by atoms with Crippen molar-refractivity contribution in [2.45, 2.75) is 39.3 Å². The van der Waals surface area contributed by atoms with Crippen molar-refractivity contribution >= 4 is 40.6 Å². The molecule has 0 bridgehead atoms. The van der Waals surface area contributed by atoms with Gasteiger partial charge >= 0.3 is 12.1 Å². The third kappa shape index (κ3) is 10.9. The third-order valence-electron chi connectivity index (χ3n) is 1.91. The van der Waals surface area contributed by atoms with Gasteiger partial charge in [-0.25, -0.2) is 4.79 Å². The lowest BCUT2D eigenvalue weighted by atomic mass is 10.2. The van der Waals surface area contributed by atoms with Gasteiger partial charge in [0.1, 0.15) is 18.2 Å². The van der Waals surface area contributed by atoms with E-state index in [-0.39, 0.29) is 13.2 Å². The molecule has 0 heterocycles. The molecule has 0 fully saturated rings. The molecular weight excluding hydrogens is 391 g/mol. The molecule has 0 saturated carbocycles. The van der Waals surface area contributed by atoms with Gasteiger partial charge in [0, 0.05) is 22.6 Å². The van der Waals surface area contributed by atoms with Crippen LogP contribution in [0, 0.1) is 9.85 Å². The van der Waals surface area contributed by atoms with Gasteiger partial charge in [0.2, 0.25) is 5.91 Å². The Morgan fingerprint density at radius 1 is 1.29 bits per heavy atom. The number of amides is 2. The van der Waals surface area contributed by atoms with Gasteiger partial charge in [0.05, 0.1) is 0 Å². The van der Waals surface area contributed by atoms with Crippen molar-refractivity contribution in [2.75, 3.05) is 13.2 Å². The molecule has 0 aromatic rings. The van der Waals surface area contributed by atoms with E-state index in [9.17, 15) is 14.4 Å². The largest absolute Gasteiger partial charge is 0.451 e. The standard InChI is InChI=1S/C13H19IN2O5/c1-9(16-12(19)21-13(2,3)4)11(18)15-8-10(17)20-7-5-6-14/h9H,7-8H2,1-4H3,(H,15,18)(H,16,19)/t9-/m0/s1. The van der Waals surface area contributed by atoms with Crippen LogP contribution < -0.4 is 10.6 Å². The van der Waals surface area contributed by atoms with Crippen molar-refractivity contribution in [3.05, 3.63) is 0 Å². The fourth-order valence-corrected chi connectivity index (χ4v) is 1.21. The van der Waals surface area contributed by atoms with Crippen LogP contribution in [0.25, 0.3) is 0 Å². The Bertz CT molecular complexity index is 448. The second-order valence-corrected chi connectivity index (χ2v) is 5.56. The lowest BCUT2D eigenvalue weighted by molar-refractivity contribution is -0.142. The zero-order valence-corrected chi connectivity index (χ0v) is 14.6. The number of carbonyl (C=O) groups is 3. The van der Waals surface area contributed by atoms with Crippen LogP contribution >= 0.6 is 22.6 Å². The summed E-state index contributed by atoms with van der Waals surface area (Å²) in [7, 11) is 0. The Hall–Kier alpha value is -1.50. The SMILES string of the molecule is C[C@H](NC(=O)OC(C)(C)C)C(=O)NCC(=O)OCC#CI. The summed E-state index contributed by atoms with van der Waals surface area (Å²) >= 11 is 1.82. The molecule has 0 aromatic carbocycles. The highest BCUT2D eigenvalue weighted by molar-refractivity contribution is 14.1. The molecule has 2 amide bonds. The molecule has 0 aliphatic carbocycles. The number of hydrogen-bond acceptors (Lipinski definition) is 5. The smallest absolute Gasteiger partial charge is 0.408 e. The fourth-order valence-electron chi connectivity index (χ4n) is 1.06. The van der Waals surface area contributed by atoms with Crippen LogP contribution in [0.1, 0.15) is 27.7 Å². The van der Waals surface area contributed by atoms with E-state index >= 15 is 0 Å².